The van der Waals surface area contributed by atoms with Gasteiger partial charge in [-0.2, -0.15) is 0 Å². The minimum atomic E-state index is -0.768. The van der Waals surface area contributed by atoms with Crippen molar-refractivity contribution in [3.63, 3.8) is 0 Å². The van der Waals surface area contributed by atoms with Gasteiger partial charge in [0.1, 0.15) is 6.61 Å². The van der Waals surface area contributed by atoms with Crippen molar-refractivity contribution >= 4 is 11.9 Å². The van der Waals surface area contributed by atoms with Crippen LogP contribution in [0.15, 0.2) is 48.6 Å². The van der Waals surface area contributed by atoms with Crippen LogP contribution in [-0.4, -0.2) is 36.4 Å². The van der Waals surface area contributed by atoms with Crippen molar-refractivity contribution in [3.05, 3.63) is 48.6 Å². The Bertz CT molecular complexity index is 812. The Hall–Kier alpha value is -2.14. The molecule has 0 aromatic rings. The molecule has 5 nitrogen and oxygen atoms in total. The van der Waals surface area contributed by atoms with Crippen molar-refractivity contribution in [3.8, 4) is 0 Å². The largest absolute Gasteiger partial charge is 0.462 e. The molecule has 0 aromatic heterocycles. The number of aliphatic hydroxyl groups excluding tert-OH is 1. The molecule has 0 aliphatic heterocycles. The molecular weight excluding hydrogens is 596 g/mol. The number of unbranched alkanes of at least 4 members (excludes halogenated alkanes) is 20. The van der Waals surface area contributed by atoms with Gasteiger partial charge in [0.2, 0.25) is 0 Å². The zero-order chi connectivity index (χ0) is 35.0. The first kappa shape index (κ1) is 45.9. The molecule has 0 aromatic carbocycles. The van der Waals surface area contributed by atoms with Gasteiger partial charge < -0.3 is 14.6 Å². The maximum atomic E-state index is 12.2. The predicted molar refractivity (Wildman–Crippen MR) is 205 cm³/mol. The zero-order valence-corrected chi connectivity index (χ0v) is 31.5. The van der Waals surface area contributed by atoms with E-state index >= 15 is 0 Å². The highest BCUT2D eigenvalue weighted by atomic mass is 16.6. The molecule has 1 unspecified atom stereocenters. The summed E-state index contributed by atoms with van der Waals surface area (Å²) in [5.74, 6) is -0.594. The molecular formula is C43H76O5. The van der Waals surface area contributed by atoms with E-state index in [0.29, 0.717) is 12.8 Å². The van der Waals surface area contributed by atoms with Gasteiger partial charge in [-0.05, 0) is 51.4 Å². The van der Waals surface area contributed by atoms with Gasteiger partial charge in [-0.25, -0.2) is 0 Å². The number of ether oxygens (including phenoxy) is 2. The Balaban J connectivity index is 3.50. The number of carbonyl (C=O) groups is 2. The lowest BCUT2D eigenvalue weighted by Crippen LogP contribution is -2.28. The van der Waals surface area contributed by atoms with Crippen LogP contribution >= 0.6 is 0 Å². The Morgan fingerprint density at radius 2 is 0.896 bits per heavy atom. The third kappa shape index (κ3) is 36.7. The monoisotopic (exact) mass is 673 g/mol. The molecule has 0 radical (unpaired) electrons. The summed E-state index contributed by atoms with van der Waals surface area (Å²) in [4.78, 5) is 24.2. The molecule has 0 fully saturated rings. The minimum absolute atomic E-state index is 0.0649. The fourth-order valence-corrected chi connectivity index (χ4v) is 5.60. The first-order valence-corrected chi connectivity index (χ1v) is 20.2. The molecule has 5 heteroatoms. The summed E-state index contributed by atoms with van der Waals surface area (Å²) in [6.45, 7) is 4.00. The van der Waals surface area contributed by atoms with Crippen molar-refractivity contribution < 1.29 is 24.2 Å². The number of rotatable bonds is 36. The Kier molecular flexibility index (Phi) is 37.5. The molecule has 0 saturated heterocycles. The van der Waals surface area contributed by atoms with Crippen LogP contribution < -0.4 is 0 Å². The van der Waals surface area contributed by atoms with E-state index in [1.807, 2.05) is 0 Å². The molecule has 278 valence electrons. The molecule has 0 amide bonds. The molecule has 0 aliphatic carbocycles. The standard InChI is InChI=1S/C43H76O5/c1-3-5-7-9-11-13-14-15-16-17-18-19-20-21-22-23-24-25-26-27-28-30-32-34-36-38-43(46)48-41(39-44)40-47-42(45)37-35-33-31-29-12-10-8-6-4-2/h5,7,11,13,15-16,18-19,41,44H,3-4,6,8-10,12,14,17,20-40H2,1-2H3/b7-5-,13-11-,16-15-,19-18-. The second-order valence-corrected chi connectivity index (χ2v) is 13.3. The van der Waals surface area contributed by atoms with Gasteiger partial charge in [0, 0.05) is 12.8 Å². The van der Waals surface area contributed by atoms with Crippen LogP contribution in [0.3, 0.4) is 0 Å². The van der Waals surface area contributed by atoms with Crippen LogP contribution in [0.25, 0.3) is 0 Å². The van der Waals surface area contributed by atoms with Gasteiger partial charge in [-0.15, -0.1) is 0 Å². The molecule has 0 heterocycles. The van der Waals surface area contributed by atoms with Gasteiger partial charge >= 0.3 is 11.9 Å². The average Bonchev–Trinajstić information content (AvgIpc) is 3.09. The average molecular weight is 673 g/mol. The van der Waals surface area contributed by atoms with Crippen molar-refractivity contribution in [2.24, 2.45) is 0 Å². The molecule has 1 N–H and O–H groups in total. The van der Waals surface area contributed by atoms with E-state index in [0.717, 1.165) is 64.2 Å². The van der Waals surface area contributed by atoms with E-state index in [1.165, 1.54) is 103 Å². The maximum absolute atomic E-state index is 12.2. The van der Waals surface area contributed by atoms with Gasteiger partial charge in [0.15, 0.2) is 6.10 Å². The third-order valence-electron chi connectivity index (χ3n) is 8.64. The van der Waals surface area contributed by atoms with Gasteiger partial charge in [-0.1, -0.05) is 178 Å². The van der Waals surface area contributed by atoms with Crippen molar-refractivity contribution in [2.75, 3.05) is 13.2 Å². The van der Waals surface area contributed by atoms with Gasteiger partial charge in [-0.3, -0.25) is 9.59 Å². The van der Waals surface area contributed by atoms with Gasteiger partial charge in [0.05, 0.1) is 6.61 Å². The predicted octanol–water partition coefficient (Wildman–Crippen LogP) is 12.6. The summed E-state index contributed by atoms with van der Waals surface area (Å²) in [7, 11) is 0. The highest BCUT2D eigenvalue weighted by molar-refractivity contribution is 5.70. The second-order valence-electron chi connectivity index (χ2n) is 13.3. The van der Waals surface area contributed by atoms with E-state index in [9.17, 15) is 14.7 Å². The highest BCUT2D eigenvalue weighted by Crippen LogP contribution is 2.14. The topological polar surface area (TPSA) is 72.8 Å². The van der Waals surface area contributed by atoms with E-state index < -0.39 is 6.10 Å². The summed E-state index contributed by atoms with van der Waals surface area (Å²) < 4.78 is 10.6. The maximum Gasteiger partial charge on any atom is 0.306 e. The Morgan fingerprint density at radius 3 is 1.35 bits per heavy atom. The molecule has 0 saturated carbocycles. The van der Waals surface area contributed by atoms with Crippen LogP contribution in [0.2, 0.25) is 0 Å². The zero-order valence-electron chi connectivity index (χ0n) is 31.5. The summed E-state index contributed by atoms with van der Waals surface area (Å²) in [5, 5.41) is 9.53. The molecule has 0 spiro atoms. The number of hydrogen-bond donors (Lipinski definition) is 1. The van der Waals surface area contributed by atoms with E-state index in [4.69, 9.17) is 9.47 Å². The lowest BCUT2D eigenvalue weighted by Gasteiger charge is -2.15. The molecule has 48 heavy (non-hydrogen) atoms. The molecule has 0 bridgehead atoms. The SMILES string of the molecule is CC/C=C\C/C=C\C/C=C\C/C=C\CCCCCCCCCCCCCCC(=O)OC(CO)COC(=O)CCCCCCCCCCC. The van der Waals surface area contributed by atoms with E-state index in [-0.39, 0.29) is 25.2 Å². The summed E-state index contributed by atoms with van der Waals surface area (Å²) in [6.07, 6.45) is 49.0. The molecule has 0 aliphatic rings. The van der Waals surface area contributed by atoms with Crippen molar-refractivity contribution in [1.82, 2.24) is 0 Å². The van der Waals surface area contributed by atoms with Crippen molar-refractivity contribution in [1.29, 1.82) is 0 Å². The smallest absolute Gasteiger partial charge is 0.306 e. The summed E-state index contributed by atoms with van der Waals surface area (Å²) >= 11 is 0. The van der Waals surface area contributed by atoms with Crippen LogP contribution in [0.4, 0.5) is 0 Å². The van der Waals surface area contributed by atoms with Crippen molar-refractivity contribution in [2.45, 2.75) is 200 Å². The number of allylic oxidation sites excluding steroid dienone is 8. The highest BCUT2D eigenvalue weighted by Gasteiger charge is 2.16. The minimum Gasteiger partial charge on any atom is -0.462 e. The van der Waals surface area contributed by atoms with E-state index in [2.05, 4.69) is 62.5 Å². The fourth-order valence-electron chi connectivity index (χ4n) is 5.60. The summed E-state index contributed by atoms with van der Waals surface area (Å²) in [5.41, 5.74) is 0. The quantitative estimate of drug-likeness (QED) is 0.0407. The molecule has 1 atom stereocenters. The van der Waals surface area contributed by atoms with Crippen LogP contribution in [0.1, 0.15) is 194 Å². The lowest BCUT2D eigenvalue weighted by atomic mass is 10.0. The Labute approximate surface area is 297 Å². The number of esters is 2. The number of hydrogen-bond acceptors (Lipinski definition) is 5. The normalized spacial score (nSPS) is 12.6. The summed E-state index contributed by atoms with van der Waals surface area (Å²) in [6, 6.07) is 0. The van der Waals surface area contributed by atoms with Crippen LogP contribution in [0.5, 0.6) is 0 Å². The first-order chi connectivity index (χ1) is 23.6. The van der Waals surface area contributed by atoms with Gasteiger partial charge in [0.25, 0.3) is 0 Å². The Morgan fingerprint density at radius 1 is 0.500 bits per heavy atom. The fraction of sp³-hybridized carbons (Fsp3) is 0.767. The molecule has 0 rings (SSSR count). The lowest BCUT2D eigenvalue weighted by molar-refractivity contribution is -0.161. The first-order valence-electron chi connectivity index (χ1n) is 20.2. The van der Waals surface area contributed by atoms with Crippen LogP contribution in [-0.2, 0) is 19.1 Å². The third-order valence-corrected chi connectivity index (χ3v) is 8.64. The van der Waals surface area contributed by atoms with Crippen LogP contribution in [0, 0.1) is 0 Å². The number of aliphatic hydroxyl groups is 1. The second kappa shape index (κ2) is 39.3. The number of carbonyl (C=O) groups excluding carboxylic acids is 2. The van der Waals surface area contributed by atoms with E-state index in [1.54, 1.807) is 0 Å².